The van der Waals surface area contributed by atoms with Gasteiger partial charge in [0.2, 0.25) is 5.91 Å². The zero-order valence-electron chi connectivity index (χ0n) is 42.9. The Bertz CT molecular complexity index is 2060. The van der Waals surface area contributed by atoms with Crippen molar-refractivity contribution in [2.24, 2.45) is 80.8 Å². The first-order valence-corrected chi connectivity index (χ1v) is 27.2. The molecular weight excluding hydrogens is 915 g/mol. The van der Waals surface area contributed by atoms with Gasteiger partial charge in [-0.2, -0.15) is 0 Å². The second-order valence-corrected chi connectivity index (χ2v) is 25.7. The molecule has 0 saturated heterocycles. The fraction of sp³-hybridized carbons (Fsp3) is 0.763. The molecule has 0 aromatic heterocycles. The third-order valence-electron chi connectivity index (χ3n) is 21.5. The van der Waals surface area contributed by atoms with E-state index in [2.05, 4.69) is 43.6 Å². The van der Waals surface area contributed by atoms with Gasteiger partial charge in [-0.15, -0.1) is 0 Å². The number of halogens is 1. The molecule has 2 aromatic rings. The summed E-state index contributed by atoms with van der Waals surface area (Å²) in [5.41, 5.74) is 0.956. The van der Waals surface area contributed by atoms with Crippen molar-refractivity contribution in [3.05, 3.63) is 58.6 Å². The number of methoxy groups -OCH3 is 2. The summed E-state index contributed by atoms with van der Waals surface area (Å²) in [6.45, 7) is 14.0. The molecule has 8 aliphatic carbocycles. The molecule has 0 radical (unpaired) electrons. The molecular formula is C59H90BrNO7. The summed E-state index contributed by atoms with van der Waals surface area (Å²) in [4.78, 5) is 31.7. The Morgan fingerprint density at radius 1 is 0.544 bits per heavy atom. The minimum absolute atomic E-state index is 0. The van der Waals surface area contributed by atoms with Crippen LogP contribution in [0.4, 0.5) is 0 Å². The number of ketones is 1. The number of aliphatic hydroxyl groups is 2. The minimum Gasteiger partial charge on any atom is -0.497 e. The van der Waals surface area contributed by atoms with E-state index in [-0.39, 0.29) is 36.0 Å². The molecule has 10 rings (SSSR count). The van der Waals surface area contributed by atoms with E-state index in [0.29, 0.717) is 40.3 Å². The number of benzene rings is 2. The van der Waals surface area contributed by atoms with E-state index < -0.39 is 11.2 Å². The molecule has 2 N–H and O–H groups in total. The van der Waals surface area contributed by atoms with Gasteiger partial charge in [0, 0.05) is 28.9 Å². The van der Waals surface area contributed by atoms with E-state index in [1.54, 1.807) is 28.4 Å². The molecule has 8 fully saturated rings. The van der Waals surface area contributed by atoms with Crippen LogP contribution in [0.2, 0.25) is 0 Å². The summed E-state index contributed by atoms with van der Waals surface area (Å²) >= 11 is 3.32. The third-order valence-corrected chi connectivity index (χ3v) is 22.1. The summed E-state index contributed by atoms with van der Waals surface area (Å²) in [5.74, 6) is 8.26. The smallest absolute Gasteiger partial charge is 0.249 e. The molecule has 8 nitrogen and oxygen atoms in total. The summed E-state index contributed by atoms with van der Waals surface area (Å²) < 4.78 is 11.3. The van der Waals surface area contributed by atoms with Crippen molar-refractivity contribution in [2.75, 3.05) is 28.4 Å². The Hall–Kier alpha value is -2.46. The molecule has 0 bridgehead atoms. The van der Waals surface area contributed by atoms with E-state index in [4.69, 9.17) is 14.3 Å². The van der Waals surface area contributed by atoms with Crippen molar-refractivity contribution in [1.29, 1.82) is 0 Å². The highest BCUT2D eigenvalue weighted by Crippen LogP contribution is 2.70. The van der Waals surface area contributed by atoms with Crippen molar-refractivity contribution >= 4 is 27.6 Å². The monoisotopic (exact) mass is 1000 g/mol. The van der Waals surface area contributed by atoms with Crippen LogP contribution in [0.1, 0.15) is 175 Å². The van der Waals surface area contributed by atoms with Gasteiger partial charge in [0.1, 0.15) is 11.5 Å². The average molecular weight is 1010 g/mol. The highest BCUT2D eigenvalue weighted by atomic mass is 79.9. The third kappa shape index (κ3) is 9.76. The lowest BCUT2D eigenvalue weighted by Crippen LogP contribution is -2.56. The summed E-state index contributed by atoms with van der Waals surface area (Å²) in [7, 11) is 6.66. The first-order valence-electron chi connectivity index (χ1n) is 26.4. The highest BCUT2D eigenvalue weighted by molar-refractivity contribution is 9.10. The second-order valence-electron chi connectivity index (χ2n) is 24.8. The maximum atomic E-state index is 13.6. The van der Waals surface area contributed by atoms with Gasteiger partial charge >= 0.3 is 0 Å². The Morgan fingerprint density at radius 2 is 0.956 bits per heavy atom. The first-order chi connectivity index (χ1) is 31.6. The van der Waals surface area contributed by atoms with Gasteiger partial charge < -0.3 is 19.7 Å². The lowest BCUT2D eigenvalue weighted by atomic mass is 9.44. The predicted molar refractivity (Wildman–Crippen MR) is 276 cm³/mol. The quantitative estimate of drug-likeness (QED) is 0.219. The molecule has 2 aromatic carbocycles. The molecule has 380 valence electrons. The van der Waals surface area contributed by atoms with Gasteiger partial charge in [0.15, 0.2) is 5.78 Å². The lowest BCUT2D eigenvalue weighted by Gasteiger charge is -2.61. The van der Waals surface area contributed by atoms with Crippen LogP contribution in [-0.2, 0) is 9.63 Å². The molecule has 8 aliphatic rings. The number of rotatable bonds is 6. The van der Waals surface area contributed by atoms with Crippen molar-refractivity contribution in [1.82, 2.24) is 5.06 Å². The van der Waals surface area contributed by atoms with Crippen LogP contribution in [0.15, 0.2) is 53.0 Å². The van der Waals surface area contributed by atoms with Gasteiger partial charge in [0.05, 0.1) is 32.5 Å². The van der Waals surface area contributed by atoms with E-state index in [1.165, 1.54) is 82.1 Å². The van der Waals surface area contributed by atoms with E-state index >= 15 is 0 Å². The molecule has 0 aliphatic heterocycles. The van der Waals surface area contributed by atoms with Crippen molar-refractivity contribution in [3.8, 4) is 11.5 Å². The predicted octanol–water partition coefficient (Wildman–Crippen LogP) is 13.8. The minimum atomic E-state index is -0.469. The van der Waals surface area contributed by atoms with E-state index in [1.807, 2.05) is 62.4 Å². The van der Waals surface area contributed by atoms with Crippen LogP contribution in [0.5, 0.6) is 11.5 Å². The van der Waals surface area contributed by atoms with Crippen molar-refractivity contribution < 1.29 is 34.1 Å². The van der Waals surface area contributed by atoms with Crippen LogP contribution in [0.3, 0.4) is 0 Å². The number of ether oxygens (including phenoxy) is 2. The van der Waals surface area contributed by atoms with Crippen LogP contribution in [-0.4, -0.2) is 66.5 Å². The Morgan fingerprint density at radius 3 is 1.40 bits per heavy atom. The number of carbonyl (C=O) groups is 2. The molecule has 0 spiro atoms. The molecule has 0 unspecified atom stereocenters. The lowest BCUT2D eigenvalue weighted by molar-refractivity contribution is -0.182. The molecule has 16 atom stereocenters. The van der Waals surface area contributed by atoms with Gasteiger partial charge in [-0.25, -0.2) is 5.06 Å². The Balaban J connectivity index is 0.000000169. The average Bonchev–Trinajstić information content (AvgIpc) is 3.86. The second kappa shape index (κ2) is 20.2. The number of fused-ring (bicyclic) bond motifs is 10. The zero-order valence-corrected chi connectivity index (χ0v) is 44.5. The number of Topliss-reactive ketones (excluding diaryl/α,β-unsaturated/α-hetero) is 1. The normalized spacial score (nSPS) is 43.0. The highest BCUT2D eigenvalue weighted by Gasteiger charge is 2.64. The molecule has 9 heteroatoms. The number of amides is 1. The van der Waals surface area contributed by atoms with Crippen LogP contribution in [0, 0.1) is 80.8 Å². The summed E-state index contributed by atoms with van der Waals surface area (Å²) in [6, 6.07) is 15.4. The van der Waals surface area contributed by atoms with Gasteiger partial charge in [-0.3, -0.25) is 14.4 Å². The SMILES string of the molecule is C.CON(C)C(=O)[C@H]1CC[C@H]2[C@@H]3CC[C@@H]4C[C@](C)(O)CC[C@]4(C)[C@H]3CC[C@]12C.COc1ccc(Br)cc1.COc1ccc(C(=O)[C@H]2CC[C@H]3[C@@H]4CC[C@@H]5C[C@](C)(O)CC[C@]5(C)[C@H]4CC[C@]23C)cc1. The summed E-state index contributed by atoms with van der Waals surface area (Å²) in [6.07, 6.45) is 20.7. The molecule has 8 saturated carbocycles. The largest absolute Gasteiger partial charge is 0.497 e. The summed E-state index contributed by atoms with van der Waals surface area (Å²) in [5, 5.41) is 22.8. The molecule has 68 heavy (non-hydrogen) atoms. The molecule has 1 amide bonds. The van der Waals surface area contributed by atoms with Crippen molar-refractivity contribution in [3.63, 3.8) is 0 Å². The number of hydrogen-bond acceptors (Lipinski definition) is 7. The standard InChI is InChI=1S/C28H40O3.C23H39NO3.C7H7BrO.CH4/c1-26(30)15-16-27(2)19(17-26)7-10-21-22-11-12-24(28(22,3)14-13-23(21)27)25(29)18-5-8-20(31-4)9-6-18;1-21(26)12-13-22(2)15(14-21)6-7-16-17-8-9-19(20(25)24(4)27-5)23(17,3)11-10-18(16)22;1-9-7-4-2-6(8)3-5-7;/h5-6,8-9,19,21-24,30H,7,10-17H2,1-4H3;15-19,26H,6-14H2,1-5H3;2-5H,1H3;1H4/t19-,21+,22+,23+,24-,26-,27+,28+;15-,16+,17+,18+,19-,21-,22+,23+;;/m11../s1. The number of hydrogen-bond donors (Lipinski definition) is 2. The van der Waals surface area contributed by atoms with Crippen molar-refractivity contribution in [2.45, 2.75) is 176 Å². The van der Waals surface area contributed by atoms with E-state index in [9.17, 15) is 19.8 Å². The zero-order chi connectivity index (χ0) is 48.3. The van der Waals surface area contributed by atoms with Crippen LogP contribution < -0.4 is 9.47 Å². The topological polar surface area (TPSA) is 106 Å². The van der Waals surface area contributed by atoms with Gasteiger partial charge in [0.25, 0.3) is 0 Å². The fourth-order valence-electron chi connectivity index (χ4n) is 17.5. The van der Waals surface area contributed by atoms with Gasteiger partial charge in [-0.1, -0.05) is 51.1 Å². The molecule has 0 heterocycles. The van der Waals surface area contributed by atoms with Gasteiger partial charge in [-0.05, 0) is 247 Å². The van der Waals surface area contributed by atoms with E-state index in [0.717, 1.165) is 83.7 Å². The number of hydroxylamine groups is 2. The Kier molecular flexibility index (Phi) is 15.9. The van der Waals surface area contributed by atoms with Crippen LogP contribution in [0.25, 0.3) is 0 Å². The first kappa shape index (κ1) is 53.3. The van der Waals surface area contributed by atoms with Crippen LogP contribution >= 0.6 is 15.9 Å². The Labute approximate surface area is 419 Å². The number of nitrogens with zero attached hydrogens (tertiary/aromatic N) is 1. The number of carbonyl (C=O) groups excluding carboxylic acids is 2. The maximum absolute atomic E-state index is 13.6. The fourth-order valence-corrected chi connectivity index (χ4v) is 17.8. The maximum Gasteiger partial charge on any atom is 0.249 e.